The van der Waals surface area contributed by atoms with E-state index in [1.165, 1.54) is 23.1 Å². The lowest BCUT2D eigenvalue weighted by molar-refractivity contribution is -0.140. The van der Waals surface area contributed by atoms with Crippen LogP contribution in [-0.2, 0) is 32.6 Å². The molecule has 0 aliphatic heterocycles. The SMILES string of the molecule is CCCCNC(=O)[C@H](Cc1ccccc1)N(Cc1ccc(Cl)c(Cl)c1)C(=O)CN(c1ccc(C)c(Cl)c1)S(=O)(=O)c1ccccc1. The maximum atomic E-state index is 14.5. The van der Waals surface area contributed by atoms with Crippen LogP contribution >= 0.6 is 34.8 Å². The molecule has 2 amide bonds. The maximum absolute atomic E-state index is 14.5. The lowest BCUT2D eigenvalue weighted by Gasteiger charge is -2.34. The van der Waals surface area contributed by atoms with Gasteiger partial charge in [-0.15, -0.1) is 0 Å². The summed E-state index contributed by atoms with van der Waals surface area (Å²) >= 11 is 19.0. The topological polar surface area (TPSA) is 86.8 Å². The van der Waals surface area contributed by atoms with Gasteiger partial charge in [-0.05, 0) is 66.4 Å². The second-order valence-electron chi connectivity index (χ2n) is 10.9. The van der Waals surface area contributed by atoms with E-state index < -0.39 is 28.5 Å². The summed E-state index contributed by atoms with van der Waals surface area (Å²) in [7, 11) is -4.23. The minimum Gasteiger partial charge on any atom is -0.354 e. The number of carbonyl (C=O) groups is 2. The molecule has 0 spiro atoms. The zero-order chi connectivity index (χ0) is 33.3. The molecule has 0 saturated heterocycles. The third kappa shape index (κ3) is 9.04. The summed E-state index contributed by atoms with van der Waals surface area (Å²) in [4.78, 5) is 29.8. The van der Waals surface area contributed by atoms with Crippen LogP contribution in [0.25, 0.3) is 0 Å². The molecule has 11 heteroatoms. The second-order valence-corrected chi connectivity index (χ2v) is 14.0. The van der Waals surface area contributed by atoms with E-state index in [9.17, 15) is 18.0 Å². The van der Waals surface area contributed by atoms with Crippen LogP contribution in [0.15, 0.2) is 102 Å². The number of anilines is 1. The van der Waals surface area contributed by atoms with E-state index >= 15 is 0 Å². The van der Waals surface area contributed by atoms with Gasteiger partial charge in [0.25, 0.3) is 10.0 Å². The van der Waals surface area contributed by atoms with Crippen LogP contribution in [0.5, 0.6) is 0 Å². The number of halogens is 3. The van der Waals surface area contributed by atoms with Crippen molar-refractivity contribution >= 4 is 62.3 Å². The highest BCUT2D eigenvalue weighted by atomic mass is 35.5. The first kappa shape index (κ1) is 35.3. The highest BCUT2D eigenvalue weighted by Gasteiger charge is 2.34. The summed E-state index contributed by atoms with van der Waals surface area (Å²) in [6, 6.07) is 26.1. The van der Waals surface area contributed by atoms with Gasteiger partial charge in [-0.2, -0.15) is 0 Å². The van der Waals surface area contributed by atoms with E-state index in [-0.39, 0.29) is 29.5 Å². The summed E-state index contributed by atoms with van der Waals surface area (Å²) < 4.78 is 29.2. The summed E-state index contributed by atoms with van der Waals surface area (Å²) in [6.07, 6.45) is 1.84. The van der Waals surface area contributed by atoms with Crippen molar-refractivity contribution in [3.63, 3.8) is 0 Å². The molecule has 1 N–H and O–H groups in total. The van der Waals surface area contributed by atoms with Crippen molar-refractivity contribution in [1.82, 2.24) is 10.2 Å². The third-order valence-electron chi connectivity index (χ3n) is 7.49. The Morgan fingerprint density at radius 3 is 2.11 bits per heavy atom. The lowest BCUT2D eigenvalue weighted by Crippen LogP contribution is -2.53. The first-order valence-corrected chi connectivity index (χ1v) is 17.5. The number of hydrogen-bond acceptors (Lipinski definition) is 4. The molecule has 0 bridgehead atoms. The molecule has 7 nitrogen and oxygen atoms in total. The van der Waals surface area contributed by atoms with Crippen molar-refractivity contribution in [2.75, 3.05) is 17.4 Å². The van der Waals surface area contributed by atoms with Gasteiger partial charge in [0.15, 0.2) is 0 Å². The van der Waals surface area contributed by atoms with E-state index in [0.717, 1.165) is 28.3 Å². The number of carbonyl (C=O) groups excluding carboxylic acids is 2. The normalized spacial score (nSPS) is 11.9. The van der Waals surface area contributed by atoms with E-state index in [1.807, 2.05) is 37.3 Å². The molecule has 1 atom stereocenters. The molecule has 0 fully saturated rings. The molecule has 0 radical (unpaired) electrons. The zero-order valence-electron chi connectivity index (χ0n) is 25.6. The fourth-order valence-corrected chi connectivity index (χ4v) is 6.80. The van der Waals surface area contributed by atoms with Crippen molar-refractivity contribution in [2.45, 2.75) is 50.6 Å². The monoisotopic (exact) mass is 699 g/mol. The number of sulfonamides is 1. The second kappa shape index (κ2) is 16.3. The van der Waals surface area contributed by atoms with Gasteiger partial charge in [0.1, 0.15) is 12.6 Å². The predicted molar refractivity (Wildman–Crippen MR) is 186 cm³/mol. The molecule has 4 aromatic carbocycles. The molecular formula is C35H36Cl3N3O4S. The quantitative estimate of drug-likeness (QED) is 0.137. The average Bonchev–Trinajstić information content (AvgIpc) is 3.05. The van der Waals surface area contributed by atoms with Gasteiger partial charge in [-0.25, -0.2) is 8.42 Å². The number of aryl methyl sites for hydroxylation is 1. The van der Waals surface area contributed by atoms with Crippen LogP contribution in [0.1, 0.15) is 36.5 Å². The molecule has 4 rings (SSSR count). The summed E-state index contributed by atoms with van der Waals surface area (Å²) in [5.41, 5.74) is 2.43. The van der Waals surface area contributed by atoms with Crippen LogP contribution < -0.4 is 9.62 Å². The highest BCUT2D eigenvalue weighted by molar-refractivity contribution is 7.92. The molecule has 0 aliphatic rings. The molecule has 4 aromatic rings. The lowest BCUT2D eigenvalue weighted by atomic mass is 10.0. The molecular weight excluding hydrogens is 665 g/mol. The van der Waals surface area contributed by atoms with Crippen molar-refractivity contribution in [3.8, 4) is 0 Å². The molecule has 46 heavy (non-hydrogen) atoms. The molecule has 0 saturated carbocycles. The first-order valence-electron chi connectivity index (χ1n) is 14.9. The van der Waals surface area contributed by atoms with Gasteiger partial charge >= 0.3 is 0 Å². The van der Waals surface area contributed by atoms with Crippen molar-refractivity contribution in [2.24, 2.45) is 0 Å². The number of benzene rings is 4. The molecule has 0 aromatic heterocycles. The summed E-state index contributed by atoms with van der Waals surface area (Å²) in [5, 5.41) is 3.96. The summed E-state index contributed by atoms with van der Waals surface area (Å²) in [5.74, 6) is -0.935. The van der Waals surface area contributed by atoms with Crippen LogP contribution in [-0.4, -0.2) is 44.3 Å². The minimum atomic E-state index is -4.23. The Morgan fingerprint density at radius 1 is 0.804 bits per heavy atom. The van der Waals surface area contributed by atoms with E-state index in [1.54, 1.807) is 55.5 Å². The van der Waals surface area contributed by atoms with Crippen molar-refractivity contribution in [3.05, 3.63) is 129 Å². The number of amides is 2. The Hall–Kier alpha value is -3.56. The van der Waals surface area contributed by atoms with Gasteiger partial charge in [-0.3, -0.25) is 13.9 Å². The van der Waals surface area contributed by atoms with E-state index in [2.05, 4.69) is 5.32 Å². The van der Waals surface area contributed by atoms with Gasteiger partial charge < -0.3 is 10.2 Å². The molecule has 0 unspecified atom stereocenters. The van der Waals surface area contributed by atoms with Gasteiger partial charge in [-0.1, -0.05) is 109 Å². The number of unbranched alkanes of at least 4 members (excludes halogenated alkanes) is 1. The fraction of sp³-hybridized carbons (Fsp3) is 0.257. The number of nitrogens with one attached hydrogen (secondary N) is 1. The van der Waals surface area contributed by atoms with Crippen LogP contribution in [0.4, 0.5) is 5.69 Å². The minimum absolute atomic E-state index is 0.00803. The van der Waals surface area contributed by atoms with E-state index in [0.29, 0.717) is 27.2 Å². The summed E-state index contributed by atoms with van der Waals surface area (Å²) in [6.45, 7) is 3.64. The van der Waals surface area contributed by atoms with Crippen LogP contribution in [0, 0.1) is 6.92 Å². The van der Waals surface area contributed by atoms with Gasteiger partial charge in [0, 0.05) is 24.5 Å². The van der Waals surface area contributed by atoms with Crippen molar-refractivity contribution < 1.29 is 18.0 Å². The zero-order valence-corrected chi connectivity index (χ0v) is 28.7. The van der Waals surface area contributed by atoms with Crippen LogP contribution in [0.2, 0.25) is 15.1 Å². The van der Waals surface area contributed by atoms with Gasteiger partial charge in [0.05, 0.1) is 20.6 Å². The Morgan fingerprint density at radius 2 is 1.48 bits per heavy atom. The van der Waals surface area contributed by atoms with Crippen molar-refractivity contribution in [1.29, 1.82) is 0 Å². The predicted octanol–water partition coefficient (Wildman–Crippen LogP) is 7.71. The highest BCUT2D eigenvalue weighted by Crippen LogP contribution is 2.29. The van der Waals surface area contributed by atoms with Crippen LogP contribution in [0.3, 0.4) is 0 Å². The molecule has 0 heterocycles. The average molecular weight is 701 g/mol. The third-order valence-corrected chi connectivity index (χ3v) is 10.4. The largest absolute Gasteiger partial charge is 0.354 e. The Labute approximate surface area is 286 Å². The molecule has 0 aliphatic carbocycles. The number of hydrogen-bond donors (Lipinski definition) is 1. The fourth-order valence-electron chi connectivity index (χ4n) is 4.88. The standard InChI is InChI=1S/C35H36Cl3N3O4S/c1-3-4-19-39-35(43)33(21-26-11-7-5-8-12-26)40(23-27-16-18-30(36)32(38)20-27)34(42)24-41(28-17-15-25(2)31(37)22-28)46(44,45)29-13-9-6-10-14-29/h5-18,20,22,33H,3-4,19,21,23-24H2,1-2H3,(H,39,43)/t33-/m0/s1. The maximum Gasteiger partial charge on any atom is 0.264 e. The first-order chi connectivity index (χ1) is 22.0. The van der Waals surface area contributed by atoms with E-state index in [4.69, 9.17) is 34.8 Å². The number of rotatable bonds is 14. The molecule has 242 valence electrons. The van der Waals surface area contributed by atoms with Gasteiger partial charge in [0.2, 0.25) is 11.8 Å². The Bertz CT molecular complexity index is 1760. The smallest absolute Gasteiger partial charge is 0.264 e. The Balaban J connectivity index is 1.81. The number of nitrogens with zero attached hydrogens (tertiary/aromatic N) is 2. The Kier molecular flexibility index (Phi) is 12.5.